The van der Waals surface area contributed by atoms with E-state index in [-0.39, 0.29) is 16.9 Å². The van der Waals surface area contributed by atoms with E-state index in [2.05, 4.69) is 45.4 Å². The van der Waals surface area contributed by atoms with E-state index >= 15 is 0 Å². The third kappa shape index (κ3) is 4.85. The number of benzene rings is 1. The second kappa shape index (κ2) is 5.83. The highest BCUT2D eigenvalue weighted by Gasteiger charge is 2.27. The van der Waals surface area contributed by atoms with Crippen molar-refractivity contribution in [2.75, 3.05) is 5.43 Å². The number of nitrogen functional groups attached to an aromatic ring is 1. The lowest BCUT2D eigenvalue weighted by Gasteiger charge is -2.33. The van der Waals surface area contributed by atoms with Crippen LogP contribution in [0.2, 0.25) is 0 Å². The van der Waals surface area contributed by atoms with Crippen molar-refractivity contribution in [2.45, 2.75) is 53.5 Å². The molecule has 4 heteroatoms. The molecule has 20 heavy (non-hydrogen) atoms. The van der Waals surface area contributed by atoms with Gasteiger partial charge in [-0.1, -0.05) is 20.8 Å². The first-order chi connectivity index (χ1) is 9.04. The molecule has 1 aromatic rings. The van der Waals surface area contributed by atoms with Crippen molar-refractivity contribution in [3.63, 3.8) is 0 Å². The summed E-state index contributed by atoms with van der Waals surface area (Å²) in [5.74, 6) is 5.35. The fourth-order valence-corrected chi connectivity index (χ4v) is 2.72. The van der Waals surface area contributed by atoms with Gasteiger partial charge in [-0.25, -0.2) is 0 Å². The van der Waals surface area contributed by atoms with Crippen molar-refractivity contribution in [1.82, 2.24) is 5.32 Å². The molecule has 0 heterocycles. The predicted molar refractivity (Wildman–Crippen MR) is 84.6 cm³/mol. The lowest BCUT2D eigenvalue weighted by molar-refractivity contribution is 0.0891. The molecule has 0 unspecified atom stereocenters. The molecule has 0 aliphatic rings. The van der Waals surface area contributed by atoms with Crippen LogP contribution in [0.3, 0.4) is 0 Å². The molecule has 0 bridgehead atoms. The zero-order chi connectivity index (χ0) is 15.6. The number of amides is 1. The molecule has 0 saturated carbocycles. The Hall–Kier alpha value is -1.55. The number of carbonyl (C=O) groups is 1. The smallest absolute Gasteiger partial charge is 0.251 e. The van der Waals surface area contributed by atoms with E-state index in [0.717, 1.165) is 17.7 Å². The van der Waals surface area contributed by atoms with E-state index in [1.165, 1.54) is 0 Å². The molecule has 1 aromatic carbocycles. The average molecular weight is 277 g/mol. The SMILES string of the molecule is Cc1cc(C(=O)NC(C)(C)CC(C)(C)C)ccc1NN. The number of rotatable bonds is 4. The molecule has 1 amide bonds. The minimum absolute atomic E-state index is 0.0501. The molecule has 0 radical (unpaired) electrons. The van der Waals surface area contributed by atoms with Gasteiger partial charge < -0.3 is 10.7 Å². The van der Waals surface area contributed by atoms with Crippen LogP contribution in [-0.4, -0.2) is 11.4 Å². The third-order valence-corrected chi connectivity index (χ3v) is 3.07. The Morgan fingerprint density at radius 2 is 1.80 bits per heavy atom. The predicted octanol–water partition coefficient (Wildman–Crippen LogP) is 3.23. The van der Waals surface area contributed by atoms with Crippen LogP contribution in [0, 0.1) is 12.3 Å². The second-order valence-corrected chi connectivity index (χ2v) is 7.25. The first kappa shape index (κ1) is 16.5. The van der Waals surface area contributed by atoms with E-state index in [0.29, 0.717) is 5.56 Å². The summed E-state index contributed by atoms with van der Waals surface area (Å²) in [6.45, 7) is 12.6. The van der Waals surface area contributed by atoms with Gasteiger partial charge in [0.05, 0.1) is 5.69 Å². The van der Waals surface area contributed by atoms with Crippen molar-refractivity contribution < 1.29 is 4.79 Å². The Morgan fingerprint density at radius 1 is 1.20 bits per heavy atom. The van der Waals surface area contributed by atoms with Gasteiger partial charge in [-0.3, -0.25) is 10.6 Å². The van der Waals surface area contributed by atoms with Crippen LogP contribution < -0.4 is 16.6 Å². The van der Waals surface area contributed by atoms with Gasteiger partial charge in [-0.05, 0) is 56.4 Å². The van der Waals surface area contributed by atoms with Gasteiger partial charge in [0.15, 0.2) is 0 Å². The molecule has 1 rings (SSSR count). The number of nitrogens with one attached hydrogen (secondary N) is 2. The van der Waals surface area contributed by atoms with Gasteiger partial charge in [0.25, 0.3) is 5.91 Å². The van der Waals surface area contributed by atoms with Crippen molar-refractivity contribution in [3.8, 4) is 0 Å². The number of aryl methyl sites for hydroxylation is 1. The number of hydrogen-bond donors (Lipinski definition) is 3. The summed E-state index contributed by atoms with van der Waals surface area (Å²) in [6.07, 6.45) is 0.910. The Kier molecular flexibility index (Phi) is 4.81. The Labute approximate surface area is 122 Å². The topological polar surface area (TPSA) is 67.2 Å². The standard InChI is InChI=1S/C16H27N3O/c1-11-9-12(7-8-13(11)19-17)14(20)18-16(5,6)10-15(2,3)4/h7-9,19H,10,17H2,1-6H3,(H,18,20). The van der Waals surface area contributed by atoms with E-state index in [1.807, 2.05) is 19.1 Å². The highest BCUT2D eigenvalue weighted by Crippen LogP contribution is 2.27. The Bertz CT molecular complexity index is 487. The largest absolute Gasteiger partial charge is 0.347 e. The second-order valence-electron chi connectivity index (χ2n) is 7.25. The number of hydrogen-bond acceptors (Lipinski definition) is 3. The van der Waals surface area contributed by atoms with E-state index in [9.17, 15) is 4.79 Å². The molecular formula is C16H27N3O. The molecule has 0 atom stereocenters. The van der Waals surface area contributed by atoms with Crippen LogP contribution in [-0.2, 0) is 0 Å². The minimum atomic E-state index is -0.242. The molecule has 0 aromatic heterocycles. The van der Waals surface area contributed by atoms with E-state index in [1.54, 1.807) is 6.07 Å². The van der Waals surface area contributed by atoms with Crippen LogP contribution in [0.5, 0.6) is 0 Å². The molecule has 4 nitrogen and oxygen atoms in total. The van der Waals surface area contributed by atoms with Gasteiger partial charge in [-0.2, -0.15) is 0 Å². The molecule has 112 valence electrons. The molecule has 0 aliphatic carbocycles. The van der Waals surface area contributed by atoms with Crippen molar-refractivity contribution >= 4 is 11.6 Å². The van der Waals surface area contributed by atoms with Crippen LogP contribution in [0.4, 0.5) is 5.69 Å². The Balaban J connectivity index is 2.83. The minimum Gasteiger partial charge on any atom is -0.347 e. The fourth-order valence-electron chi connectivity index (χ4n) is 2.72. The zero-order valence-electron chi connectivity index (χ0n) is 13.4. The summed E-state index contributed by atoms with van der Waals surface area (Å²) in [7, 11) is 0. The summed E-state index contributed by atoms with van der Waals surface area (Å²) < 4.78 is 0. The van der Waals surface area contributed by atoms with Crippen LogP contribution >= 0.6 is 0 Å². The monoisotopic (exact) mass is 277 g/mol. The summed E-state index contributed by atoms with van der Waals surface area (Å²) in [6, 6.07) is 5.45. The van der Waals surface area contributed by atoms with Gasteiger partial charge >= 0.3 is 0 Å². The van der Waals surface area contributed by atoms with Gasteiger partial charge in [0.1, 0.15) is 0 Å². The average Bonchev–Trinajstić information content (AvgIpc) is 2.24. The molecular weight excluding hydrogens is 250 g/mol. The summed E-state index contributed by atoms with van der Waals surface area (Å²) in [5.41, 5.74) is 4.97. The van der Waals surface area contributed by atoms with E-state index < -0.39 is 0 Å². The van der Waals surface area contributed by atoms with Crippen molar-refractivity contribution in [1.29, 1.82) is 0 Å². The molecule has 0 aliphatic heterocycles. The maximum absolute atomic E-state index is 12.3. The first-order valence-electron chi connectivity index (χ1n) is 6.94. The van der Waals surface area contributed by atoms with Crippen LogP contribution in [0.1, 0.15) is 57.0 Å². The van der Waals surface area contributed by atoms with Gasteiger partial charge in [-0.15, -0.1) is 0 Å². The lowest BCUT2D eigenvalue weighted by Crippen LogP contribution is -2.45. The van der Waals surface area contributed by atoms with Gasteiger partial charge in [0, 0.05) is 11.1 Å². The number of hydrazine groups is 1. The van der Waals surface area contributed by atoms with Crippen molar-refractivity contribution in [2.24, 2.45) is 11.3 Å². The summed E-state index contributed by atoms with van der Waals surface area (Å²) in [4.78, 5) is 12.3. The highest BCUT2D eigenvalue weighted by atomic mass is 16.1. The van der Waals surface area contributed by atoms with Crippen LogP contribution in [0.25, 0.3) is 0 Å². The van der Waals surface area contributed by atoms with Crippen molar-refractivity contribution in [3.05, 3.63) is 29.3 Å². The van der Waals surface area contributed by atoms with E-state index in [4.69, 9.17) is 5.84 Å². The fraction of sp³-hybridized carbons (Fsp3) is 0.562. The zero-order valence-corrected chi connectivity index (χ0v) is 13.4. The first-order valence-corrected chi connectivity index (χ1v) is 6.94. The Morgan fingerprint density at radius 3 is 2.25 bits per heavy atom. The third-order valence-electron chi connectivity index (χ3n) is 3.07. The van der Waals surface area contributed by atoms with Gasteiger partial charge in [0.2, 0.25) is 0 Å². The lowest BCUT2D eigenvalue weighted by atomic mass is 9.81. The molecule has 4 N–H and O–H groups in total. The number of anilines is 1. The summed E-state index contributed by atoms with van der Waals surface area (Å²) in [5, 5.41) is 3.10. The normalized spacial score (nSPS) is 12.2. The highest BCUT2D eigenvalue weighted by molar-refractivity contribution is 5.95. The van der Waals surface area contributed by atoms with Crippen LogP contribution in [0.15, 0.2) is 18.2 Å². The maximum Gasteiger partial charge on any atom is 0.251 e. The maximum atomic E-state index is 12.3. The molecule has 0 saturated heterocycles. The molecule has 0 fully saturated rings. The number of nitrogens with two attached hydrogens (primary N) is 1. The summed E-state index contributed by atoms with van der Waals surface area (Å²) >= 11 is 0. The molecule has 0 spiro atoms. The quantitative estimate of drug-likeness (QED) is 0.584. The number of carbonyl (C=O) groups excluding carboxylic acids is 1.